The van der Waals surface area contributed by atoms with Crippen molar-refractivity contribution in [2.75, 3.05) is 17.3 Å². The second kappa shape index (κ2) is 5.95. The monoisotopic (exact) mass is 296 g/mol. The van der Waals surface area contributed by atoms with Gasteiger partial charge in [-0.15, -0.1) is 0 Å². The Balaban J connectivity index is 1.98. The molecule has 0 radical (unpaired) electrons. The molecule has 22 heavy (non-hydrogen) atoms. The number of aromatic nitrogens is 2. The van der Waals surface area contributed by atoms with E-state index in [0.29, 0.717) is 12.0 Å². The summed E-state index contributed by atoms with van der Waals surface area (Å²) in [4.78, 5) is 11.8. The molecule has 1 aromatic carbocycles. The lowest BCUT2D eigenvalue weighted by Crippen LogP contribution is -2.39. The van der Waals surface area contributed by atoms with Crippen LogP contribution in [-0.4, -0.2) is 23.1 Å². The number of hydrogen-bond acceptors (Lipinski definition) is 4. The molecule has 0 fully saturated rings. The predicted octanol–water partition coefficient (Wildman–Crippen LogP) is 3.59. The van der Waals surface area contributed by atoms with Crippen molar-refractivity contribution in [3.63, 3.8) is 0 Å². The third-order valence-corrected chi connectivity index (χ3v) is 4.30. The van der Waals surface area contributed by atoms with E-state index in [4.69, 9.17) is 4.98 Å². The molecule has 1 aliphatic heterocycles. The molecule has 1 N–H and O–H groups in total. The summed E-state index contributed by atoms with van der Waals surface area (Å²) in [5, 5.41) is 3.16. The van der Waals surface area contributed by atoms with Gasteiger partial charge in [0.15, 0.2) is 0 Å². The van der Waals surface area contributed by atoms with Gasteiger partial charge in [-0.05, 0) is 24.5 Å². The van der Waals surface area contributed by atoms with Crippen molar-refractivity contribution >= 4 is 11.6 Å². The van der Waals surface area contributed by atoms with Gasteiger partial charge in [-0.25, -0.2) is 9.97 Å². The molecule has 0 saturated carbocycles. The van der Waals surface area contributed by atoms with Crippen LogP contribution < -0.4 is 10.2 Å². The van der Waals surface area contributed by atoms with Crippen LogP contribution in [0.25, 0.3) is 0 Å². The van der Waals surface area contributed by atoms with Crippen molar-refractivity contribution in [1.82, 2.24) is 9.97 Å². The third-order valence-electron chi connectivity index (χ3n) is 4.30. The summed E-state index contributed by atoms with van der Waals surface area (Å²) in [7, 11) is 1.91. The standard InChI is InChI=1S/C18H24N4/c1-12(2)18-20-16(19-4)10-17(21-18)22-11-15-8-6-5-7-14(15)9-13(22)3/h5-8,10,12-13H,9,11H2,1-4H3,(H,19,20,21)/t13-/m1/s1. The number of rotatable bonds is 3. The smallest absolute Gasteiger partial charge is 0.135 e. The van der Waals surface area contributed by atoms with Crippen molar-refractivity contribution in [3.05, 3.63) is 47.3 Å². The van der Waals surface area contributed by atoms with Crippen LogP contribution in [-0.2, 0) is 13.0 Å². The van der Waals surface area contributed by atoms with Crippen LogP contribution in [0.15, 0.2) is 30.3 Å². The fraction of sp³-hybridized carbons (Fsp3) is 0.444. The van der Waals surface area contributed by atoms with E-state index in [1.807, 2.05) is 7.05 Å². The van der Waals surface area contributed by atoms with Crippen LogP contribution >= 0.6 is 0 Å². The molecule has 2 heterocycles. The van der Waals surface area contributed by atoms with E-state index in [9.17, 15) is 0 Å². The SMILES string of the molecule is CNc1cc(N2Cc3ccccc3C[C@H]2C)nc(C(C)C)n1. The van der Waals surface area contributed by atoms with E-state index in [-0.39, 0.29) is 0 Å². The first-order valence-corrected chi connectivity index (χ1v) is 7.98. The van der Waals surface area contributed by atoms with Crippen molar-refractivity contribution in [2.45, 2.75) is 45.7 Å². The molecule has 0 unspecified atom stereocenters. The summed E-state index contributed by atoms with van der Waals surface area (Å²) in [6.07, 6.45) is 1.06. The number of benzene rings is 1. The molecule has 1 atom stereocenters. The average molecular weight is 296 g/mol. The summed E-state index contributed by atoms with van der Waals surface area (Å²) >= 11 is 0. The highest BCUT2D eigenvalue weighted by atomic mass is 15.2. The number of nitrogens with zero attached hydrogens (tertiary/aromatic N) is 3. The van der Waals surface area contributed by atoms with E-state index >= 15 is 0 Å². The quantitative estimate of drug-likeness (QED) is 0.939. The molecule has 0 saturated heterocycles. The first kappa shape index (κ1) is 14.8. The zero-order valence-electron chi connectivity index (χ0n) is 13.8. The van der Waals surface area contributed by atoms with Crippen molar-refractivity contribution in [2.24, 2.45) is 0 Å². The Bertz CT molecular complexity index is 666. The Morgan fingerprint density at radius 3 is 2.59 bits per heavy atom. The molecule has 0 bridgehead atoms. The number of anilines is 2. The molecule has 2 aromatic rings. The molecule has 0 spiro atoms. The lowest BCUT2D eigenvalue weighted by Gasteiger charge is -2.36. The van der Waals surface area contributed by atoms with Crippen LogP contribution in [0.4, 0.5) is 11.6 Å². The highest BCUT2D eigenvalue weighted by Crippen LogP contribution is 2.29. The lowest BCUT2D eigenvalue weighted by molar-refractivity contribution is 0.583. The Kier molecular flexibility index (Phi) is 4.01. The molecule has 3 rings (SSSR count). The van der Waals surface area contributed by atoms with Gasteiger partial charge in [0.25, 0.3) is 0 Å². The zero-order valence-corrected chi connectivity index (χ0v) is 13.8. The van der Waals surface area contributed by atoms with Gasteiger partial charge in [-0.2, -0.15) is 0 Å². The maximum Gasteiger partial charge on any atom is 0.135 e. The van der Waals surface area contributed by atoms with Crippen molar-refractivity contribution in [1.29, 1.82) is 0 Å². The average Bonchev–Trinajstić information content (AvgIpc) is 2.53. The summed E-state index contributed by atoms with van der Waals surface area (Å²) in [5.41, 5.74) is 2.86. The zero-order chi connectivity index (χ0) is 15.7. The normalized spacial score (nSPS) is 17.5. The molecular weight excluding hydrogens is 272 g/mol. The van der Waals surface area contributed by atoms with E-state index in [0.717, 1.165) is 30.4 Å². The maximum absolute atomic E-state index is 4.80. The molecule has 4 nitrogen and oxygen atoms in total. The highest BCUT2D eigenvalue weighted by Gasteiger charge is 2.24. The van der Waals surface area contributed by atoms with Crippen LogP contribution in [0.5, 0.6) is 0 Å². The first-order chi connectivity index (χ1) is 10.6. The van der Waals surface area contributed by atoms with Gasteiger partial charge in [-0.3, -0.25) is 0 Å². The van der Waals surface area contributed by atoms with Gasteiger partial charge in [0, 0.05) is 31.6 Å². The molecule has 0 amide bonds. The Morgan fingerprint density at radius 1 is 1.18 bits per heavy atom. The predicted molar refractivity (Wildman–Crippen MR) is 91.5 cm³/mol. The number of nitrogens with one attached hydrogen (secondary N) is 1. The molecule has 1 aliphatic rings. The van der Waals surface area contributed by atoms with E-state index < -0.39 is 0 Å². The largest absolute Gasteiger partial charge is 0.373 e. The van der Waals surface area contributed by atoms with E-state index in [1.165, 1.54) is 11.1 Å². The topological polar surface area (TPSA) is 41.0 Å². The van der Waals surface area contributed by atoms with Crippen molar-refractivity contribution < 1.29 is 0 Å². The Hall–Kier alpha value is -2.10. The van der Waals surface area contributed by atoms with Crippen LogP contribution in [0.2, 0.25) is 0 Å². The summed E-state index contributed by atoms with van der Waals surface area (Å²) in [6.45, 7) is 7.45. The molecule has 1 aromatic heterocycles. The van der Waals surface area contributed by atoms with Gasteiger partial charge in [0.05, 0.1) is 0 Å². The molecule has 4 heteroatoms. The lowest BCUT2D eigenvalue weighted by atomic mass is 9.95. The van der Waals surface area contributed by atoms with Crippen molar-refractivity contribution in [3.8, 4) is 0 Å². The Morgan fingerprint density at radius 2 is 1.91 bits per heavy atom. The summed E-state index contributed by atoms with van der Waals surface area (Å²) in [5.74, 6) is 3.12. The van der Waals surface area contributed by atoms with Gasteiger partial charge < -0.3 is 10.2 Å². The highest BCUT2D eigenvalue weighted by molar-refractivity contribution is 5.52. The van der Waals surface area contributed by atoms with E-state index in [1.54, 1.807) is 0 Å². The number of fused-ring (bicyclic) bond motifs is 1. The Labute approximate surface area is 132 Å². The minimum absolute atomic E-state index is 0.319. The maximum atomic E-state index is 4.80. The molecule has 116 valence electrons. The second-order valence-corrected chi connectivity index (χ2v) is 6.32. The fourth-order valence-electron chi connectivity index (χ4n) is 2.97. The number of hydrogen-bond donors (Lipinski definition) is 1. The summed E-state index contributed by atoms with van der Waals surface area (Å²) in [6, 6.07) is 11.2. The van der Waals surface area contributed by atoms with Crippen LogP contribution in [0.3, 0.4) is 0 Å². The van der Waals surface area contributed by atoms with Gasteiger partial charge in [-0.1, -0.05) is 38.1 Å². The van der Waals surface area contributed by atoms with Gasteiger partial charge >= 0.3 is 0 Å². The third kappa shape index (κ3) is 2.78. The fourth-order valence-corrected chi connectivity index (χ4v) is 2.97. The minimum atomic E-state index is 0.319. The molecule has 0 aliphatic carbocycles. The molecular formula is C18H24N4. The second-order valence-electron chi connectivity index (χ2n) is 6.32. The van der Waals surface area contributed by atoms with Crippen LogP contribution in [0, 0.1) is 0 Å². The minimum Gasteiger partial charge on any atom is -0.373 e. The van der Waals surface area contributed by atoms with E-state index in [2.05, 4.69) is 66.3 Å². The summed E-state index contributed by atoms with van der Waals surface area (Å²) < 4.78 is 0. The first-order valence-electron chi connectivity index (χ1n) is 7.98. The van der Waals surface area contributed by atoms with Crippen LogP contribution in [0.1, 0.15) is 43.6 Å². The van der Waals surface area contributed by atoms with Gasteiger partial charge in [0.2, 0.25) is 0 Å². The van der Waals surface area contributed by atoms with Gasteiger partial charge in [0.1, 0.15) is 17.5 Å².